The minimum absolute atomic E-state index is 0.0460. The van der Waals surface area contributed by atoms with E-state index in [9.17, 15) is 14.9 Å². The molecule has 1 N–H and O–H groups in total. The van der Waals surface area contributed by atoms with E-state index in [1.807, 2.05) is 0 Å². The van der Waals surface area contributed by atoms with Gasteiger partial charge in [-0.05, 0) is 24.3 Å². The minimum Gasteiger partial charge on any atom is -0.321 e. The van der Waals surface area contributed by atoms with Crippen LogP contribution in [0.15, 0.2) is 30.3 Å². The van der Waals surface area contributed by atoms with Crippen molar-refractivity contribution < 1.29 is 9.72 Å². The Hall–Kier alpha value is -2.18. The second-order valence-electron chi connectivity index (χ2n) is 4.14. The Kier molecular flexibility index (Phi) is 3.04. The molecule has 5 nitrogen and oxygen atoms in total. The van der Waals surface area contributed by atoms with Crippen molar-refractivity contribution in [2.24, 2.45) is 0 Å². The maximum Gasteiger partial charge on any atom is 0.270 e. The van der Waals surface area contributed by atoms with Crippen LogP contribution in [-0.4, -0.2) is 10.8 Å². The number of rotatable bonds is 2. The van der Waals surface area contributed by atoms with Crippen LogP contribution in [0.1, 0.15) is 10.4 Å². The highest BCUT2D eigenvalue weighted by molar-refractivity contribution is 7.17. The molecule has 0 aliphatic carbocycles. The van der Waals surface area contributed by atoms with Gasteiger partial charge in [-0.25, -0.2) is 0 Å². The number of nitrogens with zero attached hydrogens (tertiary/aromatic N) is 1. The number of hydrogen-bond acceptors (Lipinski definition) is 4. The minimum atomic E-state index is -0.483. The third kappa shape index (κ3) is 2.19. The summed E-state index contributed by atoms with van der Waals surface area (Å²) in [6, 6.07) is 7.83. The number of nitro benzene ring substituents is 1. The zero-order chi connectivity index (χ0) is 14.3. The number of nitrogens with one attached hydrogen (secondary N) is 1. The van der Waals surface area contributed by atoms with Gasteiger partial charge in [0, 0.05) is 28.3 Å². The molecule has 0 radical (unpaired) electrons. The van der Waals surface area contributed by atoms with Gasteiger partial charge < -0.3 is 5.32 Å². The Balaban J connectivity index is 2.10. The van der Waals surface area contributed by atoms with Gasteiger partial charge >= 0.3 is 0 Å². The molecule has 7 heteroatoms. The van der Waals surface area contributed by atoms with Crippen LogP contribution in [0, 0.1) is 10.1 Å². The van der Waals surface area contributed by atoms with Crippen molar-refractivity contribution in [1.82, 2.24) is 0 Å². The summed E-state index contributed by atoms with van der Waals surface area (Å²) in [6.45, 7) is 0. The van der Waals surface area contributed by atoms with Crippen molar-refractivity contribution in [3.8, 4) is 0 Å². The van der Waals surface area contributed by atoms with Crippen molar-refractivity contribution in [2.45, 2.75) is 0 Å². The van der Waals surface area contributed by atoms with Crippen LogP contribution in [0.2, 0.25) is 4.34 Å². The SMILES string of the molecule is O=C1Nc2ccc([N+](=O)[O-])cc2C1=Cc1ccc(Cl)s1. The molecule has 0 saturated carbocycles. The molecule has 2 heterocycles. The number of thiophene rings is 1. The zero-order valence-electron chi connectivity index (χ0n) is 9.92. The van der Waals surface area contributed by atoms with Crippen LogP contribution >= 0.6 is 22.9 Å². The summed E-state index contributed by atoms with van der Waals surface area (Å²) in [7, 11) is 0. The molecule has 0 fully saturated rings. The Morgan fingerprint density at radius 1 is 1.30 bits per heavy atom. The van der Waals surface area contributed by atoms with Gasteiger partial charge in [0.2, 0.25) is 0 Å². The molecular weight excluding hydrogens is 300 g/mol. The molecule has 1 aromatic carbocycles. The quantitative estimate of drug-likeness (QED) is 0.521. The predicted octanol–water partition coefficient (Wildman–Crippen LogP) is 3.80. The Bertz CT molecular complexity index is 767. The highest BCUT2D eigenvalue weighted by Crippen LogP contribution is 2.36. The Morgan fingerprint density at radius 3 is 2.75 bits per heavy atom. The third-order valence-electron chi connectivity index (χ3n) is 2.88. The number of nitro groups is 1. The first-order chi connectivity index (χ1) is 9.54. The number of halogens is 1. The lowest BCUT2D eigenvalue weighted by Gasteiger charge is -1.98. The molecule has 100 valence electrons. The lowest BCUT2D eigenvalue weighted by Crippen LogP contribution is -2.03. The molecule has 1 aromatic heterocycles. The van der Waals surface area contributed by atoms with Gasteiger partial charge in [0.1, 0.15) is 0 Å². The molecule has 3 rings (SSSR count). The summed E-state index contributed by atoms with van der Waals surface area (Å²) < 4.78 is 0.620. The van der Waals surface area contributed by atoms with Crippen molar-refractivity contribution in [2.75, 3.05) is 5.32 Å². The van der Waals surface area contributed by atoms with Crippen molar-refractivity contribution in [1.29, 1.82) is 0 Å². The number of benzene rings is 1. The van der Waals surface area contributed by atoms with Gasteiger partial charge in [0.25, 0.3) is 11.6 Å². The standard InChI is InChI=1S/C13H7ClN2O3S/c14-12-4-2-8(20-12)6-10-9-5-7(16(18)19)1-3-11(9)15-13(10)17/h1-6H,(H,15,17). The smallest absolute Gasteiger partial charge is 0.270 e. The van der Waals surface area contributed by atoms with E-state index in [0.29, 0.717) is 21.2 Å². The molecule has 1 aliphatic heterocycles. The fourth-order valence-corrected chi connectivity index (χ4v) is 2.99. The van der Waals surface area contributed by atoms with Crippen molar-refractivity contribution >= 4 is 51.9 Å². The number of non-ortho nitro benzene ring substituents is 1. The summed E-state index contributed by atoms with van der Waals surface area (Å²) in [4.78, 5) is 23.1. The van der Waals surface area contributed by atoms with E-state index in [1.54, 1.807) is 18.2 Å². The lowest BCUT2D eigenvalue weighted by molar-refractivity contribution is -0.384. The normalized spacial score (nSPS) is 15.2. The van der Waals surface area contributed by atoms with E-state index >= 15 is 0 Å². The highest BCUT2D eigenvalue weighted by atomic mass is 35.5. The van der Waals surface area contributed by atoms with Crippen LogP contribution in [-0.2, 0) is 4.79 Å². The van der Waals surface area contributed by atoms with Gasteiger partial charge in [-0.15, -0.1) is 11.3 Å². The second kappa shape index (κ2) is 4.73. The van der Waals surface area contributed by atoms with Gasteiger partial charge in [0.15, 0.2) is 0 Å². The van der Waals surface area contributed by atoms with Gasteiger partial charge in [0.05, 0.1) is 14.8 Å². The lowest BCUT2D eigenvalue weighted by atomic mass is 10.1. The first-order valence-electron chi connectivity index (χ1n) is 5.62. The van der Waals surface area contributed by atoms with E-state index in [-0.39, 0.29) is 11.6 Å². The molecule has 0 spiro atoms. The topological polar surface area (TPSA) is 72.2 Å². The van der Waals surface area contributed by atoms with Crippen LogP contribution in [0.5, 0.6) is 0 Å². The number of hydrogen-bond donors (Lipinski definition) is 1. The monoisotopic (exact) mass is 306 g/mol. The first-order valence-corrected chi connectivity index (χ1v) is 6.81. The molecule has 2 aromatic rings. The van der Waals surface area contributed by atoms with Crippen LogP contribution < -0.4 is 5.32 Å². The number of anilines is 1. The highest BCUT2D eigenvalue weighted by Gasteiger charge is 2.26. The average molecular weight is 307 g/mol. The fraction of sp³-hybridized carbons (Fsp3) is 0. The number of fused-ring (bicyclic) bond motifs is 1. The Labute approximate surface area is 122 Å². The fourth-order valence-electron chi connectivity index (χ4n) is 1.98. The van der Waals surface area contributed by atoms with Crippen LogP contribution in [0.4, 0.5) is 11.4 Å². The number of amides is 1. The summed E-state index contributed by atoms with van der Waals surface area (Å²) >= 11 is 7.19. The van der Waals surface area contributed by atoms with E-state index in [0.717, 1.165) is 4.88 Å². The number of carbonyl (C=O) groups excluding carboxylic acids is 1. The molecule has 0 unspecified atom stereocenters. The summed E-state index contributed by atoms with van der Waals surface area (Å²) in [5, 5.41) is 13.5. The van der Waals surface area contributed by atoms with E-state index in [2.05, 4.69) is 5.32 Å². The average Bonchev–Trinajstić information content (AvgIpc) is 2.94. The molecule has 0 atom stereocenters. The zero-order valence-corrected chi connectivity index (χ0v) is 11.5. The maximum absolute atomic E-state index is 11.9. The summed E-state index contributed by atoms with van der Waals surface area (Å²) in [5.41, 5.74) is 1.47. The second-order valence-corrected chi connectivity index (χ2v) is 5.89. The first kappa shape index (κ1) is 12.8. The molecular formula is C13H7ClN2O3S. The third-order valence-corrected chi connectivity index (χ3v) is 4.06. The molecule has 20 heavy (non-hydrogen) atoms. The van der Waals surface area contributed by atoms with Gasteiger partial charge in [-0.1, -0.05) is 11.6 Å². The largest absolute Gasteiger partial charge is 0.321 e. The predicted molar refractivity (Wildman–Crippen MR) is 78.9 cm³/mol. The summed E-state index contributed by atoms with van der Waals surface area (Å²) in [5.74, 6) is -0.273. The van der Waals surface area contributed by atoms with Gasteiger partial charge in [-0.2, -0.15) is 0 Å². The molecule has 0 bridgehead atoms. The van der Waals surface area contributed by atoms with Crippen LogP contribution in [0.3, 0.4) is 0 Å². The number of carbonyl (C=O) groups is 1. The molecule has 1 amide bonds. The maximum atomic E-state index is 11.9. The van der Waals surface area contributed by atoms with E-state index in [1.165, 1.54) is 29.5 Å². The van der Waals surface area contributed by atoms with Gasteiger partial charge in [-0.3, -0.25) is 14.9 Å². The van der Waals surface area contributed by atoms with Crippen molar-refractivity contribution in [3.63, 3.8) is 0 Å². The molecule has 0 saturated heterocycles. The summed E-state index contributed by atoms with van der Waals surface area (Å²) in [6.07, 6.45) is 1.68. The Morgan fingerprint density at radius 2 is 2.10 bits per heavy atom. The molecule has 1 aliphatic rings. The van der Waals surface area contributed by atoms with E-state index < -0.39 is 4.92 Å². The van der Waals surface area contributed by atoms with Crippen LogP contribution in [0.25, 0.3) is 11.6 Å². The van der Waals surface area contributed by atoms with Crippen molar-refractivity contribution in [3.05, 3.63) is 55.2 Å². The van der Waals surface area contributed by atoms with E-state index in [4.69, 9.17) is 11.6 Å².